The van der Waals surface area contributed by atoms with Crippen molar-refractivity contribution in [2.75, 3.05) is 13.2 Å². The minimum Gasteiger partial charge on any atom is -0.390 e. The molecular formula is C8H17N2O7P. The number of hydrogen-bond donors (Lipinski definition) is 6. The van der Waals surface area contributed by atoms with Gasteiger partial charge in [0.2, 0.25) is 5.91 Å². The fourth-order valence-corrected chi connectivity index (χ4v) is 2.28. The number of aliphatic hydroxyl groups is 2. The van der Waals surface area contributed by atoms with E-state index in [-0.39, 0.29) is 13.0 Å². The summed E-state index contributed by atoms with van der Waals surface area (Å²) in [4.78, 5) is 28.1. The maximum absolute atomic E-state index is 11.1. The van der Waals surface area contributed by atoms with Crippen LogP contribution in [0.3, 0.4) is 0 Å². The lowest BCUT2D eigenvalue weighted by atomic mass is 10.1. The molecule has 0 aliphatic heterocycles. The molecule has 18 heavy (non-hydrogen) atoms. The van der Waals surface area contributed by atoms with E-state index < -0.39 is 44.5 Å². The van der Waals surface area contributed by atoms with Crippen LogP contribution in [0, 0.1) is 5.92 Å². The Kier molecular flexibility index (Phi) is 5.23. The predicted octanol–water partition coefficient (Wildman–Crippen LogP) is -2.72. The highest BCUT2D eigenvalue weighted by Crippen LogP contribution is 2.38. The van der Waals surface area contributed by atoms with Crippen molar-refractivity contribution in [2.45, 2.75) is 24.7 Å². The molecule has 0 saturated heterocycles. The first-order valence-corrected chi connectivity index (χ1v) is 6.83. The van der Waals surface area contributed by atoms with Crippen LogP contribution in [0.4, 0.5) is 0 Å². The van der Waals surface area contributed by atoms with Crippen molar-refractivity contribution in [3.8, 4) is 0 Å². The first kappa shape index (κ1) is 15.5. The van der Waals surface area contributed by atoms with Crippen LogP contribution in [-0.2, 0) is 13.9 Å². The van der Waals surface area contributed by atoms with E-state index in [9.17, 15) is 19.6 Å². The summed E-state index contributed by atoms with van der Waals surface area (Å²) in [7, 11) is -4.62. The maximum atomic E-state index is 11.1. The Morgan fingerprint density at radius 3 is 2.50 bits per heavy atom. The van der Waals surface area contributed by atoms with Gasteiger partial charge in [-0.15, -0.1) is 0 Å². The Morgan fingerprint density at radius 2 is 2.00 bits per heavy atom. The van der Waals surface area contributed by atoms with Crippen LogP contribution < -0.4 is 11.1 Å². The molecular weight excluding hydrogens is 267 g/mol. The molecule has 1 aliphatic rings. The van der Waals surface area contributed by atoms with E-state index in [2.05, 4.69) is 9.84 Å². The van der Waals surface area contributed by atoms with Gasteiger partial charge in [-0.1, -0.05) is 0 Å². The summed E-state index contributed by atoms with van der Waals surface area (Å²) < 4.78 is 14.8. The van der Waals surface area contributed by atoms with Gasteiger partial charge in [-0.25, -0.2) is 4.57 Å². The third-order valence-electron chi connectivity index (χ3n) is 2.79. The number of phosphoric ester groups is 1. The van der Waals surface area contributed by atoms with Crippen molar-refractivity contribution in [3.63, 3.8) is 0 Å². The zero-order valence-corrected chi connectivity index (χ0v) is 10.4. The molecule has 9 nitrogen and oxygen atoms in total. The Hall–Kier alpha value is -0.540. The second kappa shape index (κ2) is 6.07. The lowest BCUT2D eigenvalue weighted by molar-refractivity contribution is -0.121. The van der Waals surface area contributed by atoms with Crippen molar-refractivity contribution in [1.29, 1.82) is 0 Å². The number of aliphatic hydroxyl groups excluding tert-OH is 2. The number of rotatable bonds is 5. The lowest BCUT2D eigenvalue weighted by Crippen LogP contribution is -2.45. The summed E-state index contributed by atoms with van der Waals surface area (Å²) in [6.45, 7) is -0.652. The quantitative estimate of drug-likeness (QED) is 0.297. The zero-order valence-electron chi connectivity index (χ0n) is 9.47. The van der Waals surface area contributed by atoms with Gasteiger partial charge in [0, 0.05) is 5.92 Å². The summed E-state index contributed by atoms with van der Waals surface area (Å²) in [5, 5.41) is 21.7. The number of carbonyl (C=O) groups is 1. The summed E-state index contributed by atoms with van der Waals surface area (Å²) in [5.41, 5.74) is 5.10. The molecule has 0 aromatic carbocycles. The number of carbonyl (C=O) groups excluding carboxylic acids is 1. The normalized spacial score (nSPS) is 32.5. The first-order valence-electron chi connectivity index (χ1n) is 5.30. The van der Waals surface area contributed by atoms with E-state index in [0.717, 1.165) is 0 Å². The number of nitrogens with one attached hydrogen (secondary N) is 1. The van der Waals surface area contributed by atoms with Gasteiger partial charge >= 0.3 is 7.82 Å². The summed E-state index contributed by atoms with van der Waals surface area (Å²) in [6.07, 6.45) is -2.29. The van der Waals surface area contributed by atoms with Crippen LogP contribution in [0.2, 0.25) is 0 Å². The highest BCUT2D eigenvalue weighted by molar-refractivity contribution is 7.46. The van der Waals surface area contributed by atoms with Crippen molar-refractivity contribution in [2.24, 2.45) is 11.7 Å². The van der Waals surface area contributed by atoms with Crippen molar-refractivity contribution in [1.82, 2.24) is 5.32 Å². The molecule has 1 saturated carbocycles. The molecule has 0 aromatic rings. The molecule has 1 fully saturated rings. The second-order valence-electron chi connectivity index (χ2n) is 4.14. The Morgan fingerprint density at radius 1 is 1.39 bits per heavy atom. The smallest absolute Gasteiger partial charge is 0.390 e. The summed E-state index contributed by atoms with van der Waals surface area (Å²) in [6, 6.07) is -0.707. The average Bonchev–Trinajstić information content (AvgIpc) is 2.53. The number of phosphoric acid groups is 1. The van der Waals surface area contributed by atoms with E-state index in [0.29, 0.717) is 0 Å². The van der Waals surface area contributed by atoms with Crippen LogP contribution in [-0.4, -0.2) is 57.3 Å². The fraction of sp³-hybridized carbons (Fsp3) is 0.875. The van der Waals surface area contributed by atoms with E-state index in [1.165, 1.54) is 0 Å². The Labute approximate surface area is 103 Å². The minimum atomic E-state index is -4.62. The summed E-state index contributed by atoms with van der Waals surface area (Å²) in [5.74, 6) is -1.15. The van der Waals surface area contributed by atoms with Crippen LogP contribution in [0.15, 0.2) is 0 Å². The molecule has 0 spiro atoms. The maximum Gasteiger partial charge on any atom is 0.469 e. The molecule has 0 bridgehead atoms. The van der Waals surface area contributed by atoms with Crippen LogP contribution in [0.25, 0.3) is 0 Å². The predicted molar refractivity (Wildman–Crippen MR) is 59.1 cm³/mol. The average molecular weight is 284 g/mol. The zero-order chi connectivity index (χ0) is 13.9. The van der Waals surface area contributed by atoms with Crippen molar-refractivity contribution >= 4 is 13.7 Å². The third-order valence-corrected chi connectivity index (χ3v) is 3.28. The van der Waals surface area contributed by atoms with Crippen LogP contribution in [0.5, 0.6) is 0 Å². The Balaban J connectivity index is 2.53. The van der Waals surface area contributed by atoms with Crippen molar-refractivity contribution < 1.29 is 33.9 Å². The molecule has 0 heterocycles. The van der Waals surface area contributed by atoms with E-state index >= 15 is 0 Å². The standard InChI is InChI=1S/C8H17N2O7P/c9-2-6(11)10-5-1-4(7(12)8(5)13)3-17-18(14,15)16/h4-5,7-8,12-13H,1-3,9H2,(H,10,11)(H2,14,15,16)/t4-,5-,7-,8+/m1/s1. The number of nitrogens with two attached hydrogens (primary N) is 1. The minimum absolute atomic E-state index is 0.147. The largest absolute Gasteiger partial charge is 0.469 e. The molecule has 106 valence electrons. The monoisotopic (exact) mass is 284 g/mol. The number of amides is 1. The van der Waals surface area contributed by atoms with E-state index in [1.807, 2.05) is 0 Å². The van der Waals surface area contributed by atoms with Crippen LogP contribution in [0.1, 0.15) is 6.42 Å². The molecule has 0 aromatic heterocycles. The molecule has 1 amide bonds. The number of hydrogen-bond acceptors (Lipinski definition) is 6. The van der Waals surface area contributed by atoms with Gasteiger partial charge in [-0.05, 0) is 6.42 Å². The van der Waals surface area contributed by atoms with Gasteiger partial charge in [-0.3, -0.25) is 9.32 Å². The molecule has 1 rings (SSSR count). The van der Waals surface area contributed by atoms with Gasteiger partial charge in [-0.2, -0.15) is 0 Å². The molecule has 0 unspecified atom stereocenters. The topological polar surface area (TPSA) is 162 Å². The van der Waals surface area contributed by atoms with Gasteiger partial charge in [0.05, 0.1) is 25.3 Å². The third kappa shape index (κ3) is 4.29. The lowest BCUT2D eigenvalue weighted by Gasteiger charge is -2.17. The van der Waals surface area contributed by atoms with E-state index in [1.54, 1.807) is 0 Å². The molecule has 0 radical (unpaired) electrons. The first-order chi connectivity index (χ1) is 8.24. The van der Waals surface area contributed by atoms with Crippen molar-refractivity contribution in [3.05, 3.63) is 0 Å². The highest BCUT2D eigenvalue weighted by Gasteiger charge is 2.42. The van der Waals surface area contributed by atoms with Gasteiger partial charge < -0.3 is 31.1 Å². The SMILES string of the molecule is NCC(=O)N[C@@H]1C[C@H](COP(=O)(O)O)[C@@H](O)[C@H]1O. The molecule has 4 atom stereocenters. The van der Waals surface area contributed by atoms with Gasteiger partial charge in [0.1, 0.15) is 6.10 Å². The Bertz CT molecular complexity index is 346. The van der Waals surface area contributed by atoms with Crippen LogP contribution >= 0.6 is 7.82 Å². The van der Waals surface area contributed by atoms with Gasteiger partial charge in [0.25, 0.3) is 0 Å². The highest BCUT2D eigenvalue weighted by atomic mass is 31.2. The van der Waals surface area contributed by atoms with Gasteiger partial charge in [0.15, 0.2) is 0 Å². The van der Waals surface area contributed by atoms with E-state index in [4.69, 9.17) is 15.5 Å². The summed E-state index contributed by atoms with van der Waals surface area (Å²) >= 11 is 0. The fourth-order valence-electron chi connectivity index (χ4n) is 1.89. The molecule has 1 aliphatic carbocycles. The second-order valence-corrected chi connectivity index (χ2v) is 5.38. The molecule has 7 N–H and O–H groups in total. The molecule has 10 heteroatoms.